The molecule has 34 nitrogen and oxygen atoms in total. The third-order valence-electron chi connectivity index (χ3n) is 22.1. The van der Waals surface area contributed by atoms with Crippen LogP contribution in [0.2, 0.25) is 0 Å². The van der Waals surface area contributed by atoms with Crippen molar-refractivity contribution in [2.75, 3.05) is 26.4 Å². The monoisotopic (exact) mass is 1870 g/mol. The Kier molecular flexibility index (Phi) is 57.8. The quantitative estimate of drug-likeness (QED) is 0.0153. The van der Waals surface area contributed by atoms with E-state index in [0.717, 1.165) is 149 Å². The van der Waals surface area contributed by atoms with E-state index in [0.29, 0.717) is 25.7 Å². The molecule has 2 heterocycles. The van der Waals surface area contributed by atoms with Crippen LogP contribution in [0.5, 0.6) is 0 Å². The lowest BCUT2D eigenvalue weighted by Gasteiger charge is -2.49. The summed E-state index contributed by atoms with van der Waals surface area (Å²) in [6, 6.07) is -10.6. The fourth-order valence-corrected chi connectivity index (χ4v) is 16.2. The minimum Gasteiger partial charge on any atom is -0.480 e. The number of primary amides is 1. The summed E-state index contributed by atoms with van der Waals surface area (Å²) >= 11 is 0. The summed E-state index contributed by atoms with van der Waals surface area (Å²) in [6.07, 6.45) is 27.5. The fraction of sp³-hybridized carbons (Fsp3) is 0.670. The van der Waals surface area contributed by atoms with E-state index in [-0.39, 0.29) is 13.0 Å². The number of hydrogen-bond donors (Lipinski definition) is 16. The van der Waals surface area contributed by atoms with Gasteiger partial charge >= 0.3 is 21.6 Å². The second-order valence-corrected chi connectivity index (χ2v) is 37.8. The molecule has 18 N–H and O–H groups in total. The van der Waals surface area contributed by atoms with E-state index in [1.165, 1.54) is 75.7 Å². The molecule has 738 valence electrons. The first-order chi connectivity index (χ1) is 61.1. The fourth-order valence-electron chi connectivity index (χ4n) is 14.1. The predicted octanol–water partition coefficient (Wildman–Crippen LogP) is 11.8. The predicted molar refractivity (Wildman–Crippen MR) is 501 cm³/mol. The summed E-state index contributed by atoms with van der Waals surface area (Å²) in [6.45, 7) is 30.3. The van der Waals surface area contributed by atoms with Crippen LogP contribution in [-0.2, 0) is 84.6 Å². The summed E-state index contributed by atoms with van der Waals surface area (Å²) in [5.74, 6) is -8.88. The number of aliphatic hydroxyl groups is 4. The largest absolute Gasteiger partial charge is 0.483 e. The molecule has 8 amide bonds. The van der Waals surface area contributed by atoms with E-state index >= 15 is 0 Å². The molecular weight excluding hydrogens is 1720 g/mol. The maximum absolute atomic E-state index is 14.2. The van der Waals surface area contributed by atoms with E-state index in [9.17, 15) is 87.6 Å². The standard InChI is InChI=1S/C94H157N9O25P2/c1-59(2)31-21-32-60(3)33-22-34-61(4)35-23-36-62(5)37-24-38-63(6)39-25-40-64(7)41-26-42-65(8)43-27-44-66(9)45-28-46-67(10)47-29-48-68(11)49-30-50-69(12)54-56-122-129(118,119)128-130(120,121)127-94-82(101-75(18)107)86(85(79(58-105)125-94)126-93-81(100-74(17)106)84(110)83(109)78(57-104)124-93)123-73(16)90(114)97-71(14)89(113)103-76(87(96)111)52-53-80(108)102-77(51-19-20-55-95)91(115)98-70(13)88(112)99-72(15)92(116)117/h31,33,35,37,39,41,43,45,47,49,54,70-73,76-79,81-86,93-94,104-105,109-110H,19-30,32,34,36,38,40,42,44,46,48,50-53,55-58,95H2,1-18H3,(H2,96,111)(H,97,114)(H,98,115)(H,99,112)(H,100,106)(H,101,107)(H,102,108)(H,103,113)(H,116,117)(H,118,119)(H,120,121)/b60-33+,61-35+,62-37-,63-39-,64-41-,65-43-,66-45-,67-47-,68-49-,69-54-/t70-,71+,72-,73-,76-,77+,78-,79-,81-,82-,83-,84-,85-,86-,93+,94-/m1/s1. The van der Waals surface area contributed by atoms with Gasteiger partial charge in [0.1, 0.15) is 85.0 Å². The van der Waals surface area contributed by atoms with Crippen LogP contribution in [-0.4, -0.2) is 213 Å². The second kappa shape index (κ2) is 63.5. The summed E-state index contributed by atoms with van der Waals surface area (Å²) in [7, 11) is -11.5. The maximum Gasteiger partial charge on any atom is 0.483 e. The van der Waals surface area contributed by atoms with Gasteiger partial charge in [0.15, 0.2) is 12.6 Å². The zero-order chi connectivity index (χ0) is 98.0. The molecular formula is C94H157N9O25P2. The molecule has 0 bridgehead atoms. The number of ether oxygens (including phenoxy) is 4. The Hall–Kier alpha value is -7.73. The van der Waals surface area contributed by atoms with Crippen LogP contribution in [0.15, 0.2) is 128 Å². The van der Waals surface area contributed by atoms with Gasteiger partial charge in [-0.05, 0) is 271 Å². The van der Waals surface area contributed by atoms with Crippen molar-refractivity contribution in [3.05, 3.63) is 128 Å². The van der Waals surface area contributed by atoms with Crippen molar-refractivity contribution in [3.63, 3.8) is 0 Å². The number of nitrogens with two attached hydrogens (primary N) is 2. The van der Waals surface area contributed by atoms with Gasteiger partial charge in [-0.2, -0.15) is 4.31 Å². The first kappa shape index (κ1) is 118. The van der Waals surface area contributed by atoms with E-state index in [2.05, 4.69) is 172 Å². The van der Waals surface area contributed by atoms with Gasteiger partial charge in [-0.15, -0.1) is 0 Å². The van der Waals surface area contributed by atoms with Crippen LogP contribution >= 0.6 is 15.6 Å². The van der Waals surface area contributed by atoms with E-state index in [1.54, 1.807) is 6.92 Å². The molecule has 18 atom stereocenters. The smallest absolute Gasteiger partial charge is 0.480 e. The maximum atomic E-state index is 14.2. The minimum absolute atomic E-state index is 0.0421. The Morgan fingerprint density at radius 1 is 0.423 bits per heavy atom. The first-order valence-electron chi connectivity index (χ1n) is 45.5. The number of hydrogen-bond acceptors (Lipinski definition) is 23. The van der Waals surface area contributed by atoms with Crippen molar-refractivity contribution in [2.24, 2.45) is 11.5 Å². The molecule has 0 saturated carbocycles. The zero-order valence-electron chi connectivity index (χ0n) is 80.1. The Balaban J connectivity index is 2.08. The number of phosphoric acid groups is 2. The lowest BCUT2D eigenvalue weighted by Crippen LogP contribution is -2.70. The molecule has 0 spiro atoms. The van der Waals surface area contributed by atoms with Gasteiger partial charge in [0.05, 0.1) is 19.8 Å². The Labute approximate surface area is 771 Å². The van der Waals surface area contributed by atoms with Gasteiger partial charge in [-0.1, -0.05) is 128 Å². The van der Waals surface area contributed by atoms with Crippen molar-refractivity contribution in [1.82, 2.24) is 37.2 Å². The Morgan fingerprint density at radius 3 is 1.18 bits per heavy atom. The van der Waals surface area contributed by atoms with Crippen LogP contribution in [0.1, 0.15) is 285 Å². The molecule has 130 heavy (non-hydrogen) atoms. The van der Waals surface area contributed by atoms with Gasteiger partial charge < -0.3 is 103 Å². The number of carboxylic acid groups (broad SMARTS) is 1. The lowest BCUT2D eigenvalue weighted by molar-refractivity contribution is -0.331. The number of carboxylic acids is 1. The minimum atomic E-state index is -5.94. The number of carbonyl (C=O) groups excluding carboxylic acids is 8. The molecule has 36 heteroatoms. The average Bonchev–Trinajstić information content (AvgIpc) is 0.764. The van der Waals surface area contributed by atoms with E-state index < -0.39 is 199 Å². The number of phosphoric ester groups is 2. The number of aliphatic carboxylic acids is 1. The second-order valence-electron chi connectivity index (χ2n) is 34.8. The Bertz CT molecular complexity index is 4070. The third kappa shape index (κ3) is 50.4. The molecule has 2 rings (SSSR count). The van der Waals surface area contributed by atoms with E-state index in [1.807, 2.05) is 6.92 Å². The van der Waals surface area contributed by atoms with Crippen LogP contribution in [0.25, 0.3) is 0 Å². The van der Waals surface area contributed by atoms with Crippen molar-refractivity contribution in [2.45, 2.75) is 383 Å². The highest BCUT2D eigenvalue weighted by molar-refractivity contribution is 7.61. The van der Waals surface area contributed by atoms with Crippen molar-refractivity contribution < 1.29 is 120 Å². The molecule has 0 aromatic heterocycles. The summed E-state index contributed by atoms with van der Waals surface area (Å²) in [5, 5.41) is 68.8. The number of amides is 8. The number of rotatable bonds is 63. The first-order valence-corrected chi connectivity index (χ1v) is 48.5. The van der Waals surface area contributed by atoms with Crippen LogP contribution in [0.3, 0.4) is 0 Å². The molecule has 2 fully saturated rings. The van der Waals surface area contributed by atoms with Crippen LogP contribution < -0.4 is 48.7 Å². The highest BCUT2D eigenvalue weighted by atomic mass is 31.3. The molecule has 2 aliphatic heterocycles. The third-order valence-corrected chi connectivity index (χ3v) is 24.7. The zero-order valence-corrected chi connectivity index (χ0v) is 81.9. The van der Waals surface area contributed by atoms with Gasteiger partial charge in [0.25, 0.3) is 0 Å². The number of allylic oxidation sites excluding steroid dienone is 21. The SMILES string of the molecule is CC(=O)N[C@H]1[C@H](O[C@H]2[C@H](O[C@H](C)C(=O)N[C@@H](C)C(=O)N[C@H](CCC(=O)N[C@@H](CCCCN)C(=O)N[C@H](C)C(=O)N[C@H](C)C(=O)O)C(N)=O)[C@@H](NC(C)=O)[C@@H](OP(=O)(O)OP(=O)(O)OC/C=C(/C)CC/C=C(/C)CC/C=C(/C)CC/C=C(/C)CC/C=C(/C)CC/C=C(/C)CC/C=C(/C)CC/C=C(/C)CC/C=C(\C)CC/C=C(\C)CCC=C(C)C)O[C@@H]2CO)O[C@H](CO)[C@@H](O)[C@@H]1O. The lowest BCUT2D eigenvalue weighted by atomic mass is 9.94. The molecule has 2 unspecified atom stereocenters. The van der Waals surface area contributed by atoms with Gasteiger partial charge in [-0.25, -0.2) is 9.13 Å². The molecule has 0 aromatic carbocycles. The molecule has 0 aromatic rings. The van der Waals surface area contributed by atoms with Crippen molar-refractivity contribution in [1.29, 1.82) is 0 Å². The van der Waals surface area contributed by atoms with Crippen LogP contribution in [0.4, 0.5) is 0 Å². The number of nitrogens with one attached hydrogen (secondary N) is 7. The van der Waals surface area contributed by atoms with Crippen molar-refractivity contribution in [3.8, 4) is 0 Å². The molecule has 2 saturated heterocycles. The topological polar surface area (TPSA) is 530 Å². The highest BCUT2D eigenvalue weighted by Gasteiger charge is 2.55. The van der Waals surface area contributed by atoms with Gasteiger partial charge in [0, 0.05) is 20.3 Å². The van der Waals surface area contributed by atoms with Crippen LogP contribution in [0, 0.1) is 0 Å². The van der Waals surface area contributed by atoms with Crippen molar-refractivity contribution >= 4 is 68.9 Å². The normalized spacial score (nSPS) is 22.4. The molecule has 0 aliphatic carbocycles. The van der Waals surface area contributed by atoms with Gasteiger partial charge in [-0.3, -0.25) is 52.2 Å². The molecule has 2 aliphatic rings. The highest BCUT2D eigenvalue weighted by Crippen LogP contribution is 2.61. The molecule has 0 radical (unpaired) electrons. The summed E-state index contributed by atoms with van der Waals surface area (Å²) < 4.78 is 66.4. The van der Waals surface area contributed by atoms with E-state index in [4.69, 9.17) is 39.5 Å². The Morgan fingerprint density at radius 2 is 0.800 bits per heavy atom. The number of carbonyl (C=O) groups is 9. The number of aliphatic hydroxyl groups excluding tert-OH is 4. The average molecular weight is 1880 g/mol. The summed E-state index contributed by atoms with van der Waals surface area (Å²) in [4.78, 5) is 139. The number of unbranched alkanes of at least 4 members (excludes halogenated alkanes) is 1. The summed E-state index contributed by atoms with van der Waals surface area (Å²) in [5.41, 5.74) is 26.0. The van der Waals surface area contributed by atoms with Gasteiger partial charge in [0.2, 0.25) is 47.3 Å².